The highest BCUT2D eigenvalue weighted by atomic mass is 16.5. The number of aryl methyl sites for hydroxylation is 1. The summed E-state index contributed by atoms with van der Waals surface area (Å²) in [6, 6.07) is 3.72. The van der Waals surface area contributed by atoms with Crippen molar-refractivity contribution >= 4 is 0 Å². The topological polar surface area (TPSA) is 30.2 Å². The van der Waals surface area contributed by atoms with Gasteiger partial charge in [-0.15, -0.1) is 0 Å². The van der Waals surface area contributed by atoms with Gasteiger partial charge < -0.3 is 5.21 Å². The van der Waals surface area contributed by atoms with Crippen molar-refractivity contribution in [1.82, 2.24) is 4.90 Å². The molecule has 66 valence electrons. The van der Waals surface area contributed by atoms with Gasteiger partial charge in [0.05, 0.1) is 6.54 Å². The van der Waals surface area contributed by atoms with Crippen molar-refractivity contribution in [3.63, 3.8) is 0 Å². The molecule has 0 fully saturated rings. The van der Waals surface area contributed by atoms with Crippen LogP contribution in [0.15, 0.2) is 18.3 Å². The van der Waals surface area contributed by atoms with Gasteiger partial charge in [0.2, 0.25) is 5.69 Å². The number of nitrogens with zero attached hydrogens (tertiary/aromatic N) is 2. The summed E-state index contributed by atoms with van der Waals surface area (Å²) in [7, 11) is 3.89. The molecule has 0 N–H and O–H groups in total. The Morgan fingerprint density at radius 3 is 2.75 bits per heavy atom. The Bertz CT molecular complexity index is 271. The second-order valence-corrected chi connectivity index (χ2v) is 3.26. The summed E-state index contributed by atoms with van der Waals surface area (Å²) < 4.78 is 0.910. The zero-order valence-electron chi connectivity index (χ0n) is 7.74. The SMILES string of the molecule is Cc1cc[n+]([O-])c(CN(C)C)c1. The number of aromatic nitrogens is 1. The normalized spacial score (nSPS) is 10.7. The van der Waals surface area contributed by atoms with Gasteiger partial charge in [0.1, 0.15) is 0 Å². The molecule has 3 heteroatoms. The van der Waals surface area contributed by atoms with Gasteiger partial charge in [0, 0.05) is 12.1 Å². The summed E-state index contributed by atoms with van der Waals surface area (Å²) in [4.78, 5) is 1.98. The van der Waals surface area contributed by atoms with Crippen LogP contribution in [0.3, 0.4) is 0 Å². The zero-order valence-corrected chi connectivity index (χ0v) is 7.74. The summed E-state index contributed by atoms with van der Waals surface area (Å²) >= 11 is 0. The predicted octanol–water partition coefficient (Wildman–Crippen LogP) is 0.690. The maximum atomic E-state index is 11.2. The van der Waals surface area contributed by atoms with Crippen molar-refractivity contribution in [2.24, 2.45) is 0 Å². The highest BCUT2D eigenvalue weighted by molar-refractivity contribution is 5.10. The van der Waals surface area contributed by atoms with E-state index in [4.69, 9.17) is 0 Å². The summed E-state index contributed by atoms with van der Waals surface area (Å²) in [5.41, 5.74) is 1.92. The lowest BCUT2D eigenvalue weighted by atomic mass is 10.2. The van der Waals surface area contributed by atoms with Crippen LogP contribution in [-0.4, -0.2) is 19.0 Å². The van der Waals surface area contributed by atoms with Crippen LogP contribution in [-0.2, 0) is 6.54 Å². The van der Waals surface area contributed by atoms with Crippen LogP contribution in [0.2, 0.25) is 0 Å². The Hall–Kier alpha value is -1.09. The van der Waals surface area contributed by atoms with Gasteiger partial charge in [-0.2, -0.15) is 4.73 Å². The number of rotatable bonds is 2. The van der Waals surface area contributed by atoms with Gasteiger partial charge >= 0.3 is 0 Å². The molecule has 1 rings (SSSR count). The number of pyridine rings is 1. The Labute approximate surface area is 72.8 Å². The maximum absolute atomic E-state index is 11.2. The van der Waals surface area contributed by atoms with Crippen molar-refractivity contribution in [3.8, 4) is 0 Å². The Morgan fingerprint density at radius 2 is 2.17 bits per heavy atom. The van der Waals surface area contributed by atoms with Crippen molar-refractivity contribution < 1.29 is 4.73 Å². The average molecular weight is 166 g/mol. The molecule has 0 bridgehead atoms. The lowest BCUT2D eigenvalue weighted by Gasteiger charge is -2.09. The third kappa shape index (κ3) is 2.20. The number of hydrogen-bond donors (Lipinski definition) is 0. The largest absolute Gasteiger partial charge is 0.618 e. The van der Waals surface area contributed by atoms with Gasteiger partial charge in [-0.3, -0.25) is 4.90 Å². The Morgan fingerprint density at radius 1 is 1.50 bits per heavy atom. The van der Waals surface area contributed by atoms with Crippen LogP contribution in [0.5, 0.6) is 0 Å². The molecule has 0 amide bonds. The van der Waals surface area contributed by atoms with Gasteiger partial charge in [-0.1, -0.05) is 0 Å². The van der Waals surface area contributed by atoms with Crippen LogP contribution in [0.25, 0.3) is 0 Å². The lowest BCUT2D eigenvalue weighted by Crippen LogP contribution is -2.34. The quantitative estimate of drug-likeness (QED) is 0.478. The van der Waals surface area contributed by atoms with E-state index in [1.807, 2.05) is 38.1 Å². The van der Waals surface area contributed by atoms with Crippen molar-refractivity contribution in [2.45, 2.75) is 13.5 Å². The van der Waals surface area contributed by atoms with E-state index in [0.717, 1.165) is 16.0 Å². The van der Waals surface area contributed by atoms with E-state index in [1.54, 1.807) is 6.20 Å². The summed E-state index contributed by atoms with van der Waals surface area (Å²) in [6.45, 7) is 2.67. The molecule has 0 unspecified atom stereocenters. The van der Waals surface area contributed by atoms with E-state index in [9.17, 15) is 5.21 Å². The average Bonchev–Trinajstić information content (AvgIpc) is 1.96. The van der Waals surface area contributed by atoms with Crippen LogP contribution in [0, 0.1) is 12.1 Å². The van der Waals surface area contributed by atoms with E-state index in [-0.39, 0.29) is 0 Å². The van der Waals surface area contributed by atoms with Crippen molar-refractivity contribution in [1.29, 1.82) is 0 Å². The molecule has 3 nitrogen and oxygen atoms in total. The van der Waals surface area contributed by atoms with E-state index >= 15 is 0 Å². The maximum Gasteiger partial charge on any atom is 0.207 e. The second-order valence-electron chi connectivity index (χ2n) is 3.26. The number of hydrogen-bond acceptors (Lipinski definition) is 2. The van der Waals surface area contributed by atoms with Crippen LogP contribution < -0.4 is 4.73 Å². The molecule has 1 aromatic heterocycles. The van der Waals surface area contributed by atoms with Crippen LogP contribution >= 0.6 is 0 Å². The van der Waals surface area contributed by atoms with Gasteiger partial charge in [0.25, 0.3) is 0 Å². The highest BCUT2D eigenvalue weighted by Crippen LogP contribution is 1.99. The molecular weight excluding hydrogens is 152 g/mol. The summed E-state index contributed by atoms with van der Waals surface area (Å²) in [5.74, 6) is 0. The van der Waals surface area contributed by atoms with E-state index in [1.165, 1.54) is 0 Å². The highest BCUT2D eigenvalue weighted by Gasteiger charge is 2.05. The Kier molecular flexibility index (Phi) is 2.65. The fourth-order valence-corrected chi connectivity index (χ4v) is 1.09. The van der Waals surface area contributed by atoms with Crippen molar-refractivity contribution in [2.75, 3.05) is 14.1 Å². The third-order valence-corrected chi connectivity index (χ3v) is 1.63. The van der Waals surface area contributed by atoms with Gasteiger partial charge in [-0.05, 0) is 26.6 Å². The minimum absolute atomic E-state index is 0.686. The minimum atomic E-state index is 0.686. The second kappa shape index (κ2) is 3.54. The Balaban J connectivity index is 2.90. The molecule has 0 atom stereocenters. The molecule has 0 saturated carbocycles. The van der Waals surface area contributed by atoms with Crippen LogP contribution in [0.1, 0.15) is 11.3 Å². The molecule has 0 aliphatic carbocycles. The molecule has 0 spiro atoms. The van der Waals surface area contributed by atoms with Gasteiger partial charge in [0.15, 0.2) is 6.20 Å². The first-order chi connectivity index (χ1) is 5.59. The fourth-order valence-electron chi connectivity index (χ4n) is 1.09. The molecule has 0 aliphatic heterocycles. The van der Waals surface area contributed by atoms with Crippen LogP contribution in [0.4, 0.5) is 0 Å². The summed E-state index contributed by atoms with van der Waals surface area (Å²) in [6.07, 6.45) is 1.55. The standard InChI is InChI=1S/C9H14N2O/c1-8-4-5-11(12)9(6-8)7-10(2)3/h4-6H,7H2,1-3H3. The molecule has 0 radical (unpaired) electrons. The first-order valence-electron chi connectivity index (χ1n) is 3.93. The molecular formula is C9H14N2O. The summed E-state index contributed by atoms with van der Waals surface area (Å²) in [5, 5.41) is 11.2. The van der Waals surface area contributed by atoms with E-state index in [0.29, 0.717) is 6.54 Å². The first kappa shape index (κ1) is 9.00. The van der Waals surface area contributed by atoms with E-state index in [2.05, 4.69) is 0 Å². The third-order valence-electron chi connectivity index (χ3n) is 1.63. The molecule has 1 aromatic rings. The van der Waals surface area contributed by atoms with E-state index < -0.39 is 0 Å². The lowest BCUT2D eigenvalue weighted by molar-refractivity contribution is -0.615. The van der Waals surface area contributed by atoms with Gasteiger partial charge in [-0.25, -0.2) is 0 Å². The van der Waals surface area contributed by atoms with Crippen molar-refractivity contribution in [3.05, 3.63) is 34.8 Å². The smallest absolute Gasteiger partial charge is 0.207 e. The molecule has 1 heterocycles. The zero-order chi connectivity index (χ0) is 9.14. The first-order valence-corrected chi connectivity index (χ1v) is 3.93. The monoisotopic (exact) mass is 166 g/mol. The molecule has 0 saturated heterocycles. The fraction of sp³-hybridized carbons (Fsp3) is 0.444. The minimum Gasteiger partial charge on any atom is -0.618 e. The predicted molar refractivity (Wildman–Crippen MR) is 47.5 cm³/mol. The molecule has 12 heavy (non-hydrogen) atoms. The molecule has 0 aromatic carbocycles. The molecule has 0 aliphatic rings.